The second-order valence-corrected chi connectivity index (χ2v) is 4.17. The highest BCUT2D eigenvalue weighted by atomic mass is 19.4. The van der Waals surface area contributed by atoms with Crippen molar-refractivity contribution in [2.24, 2.45) is 5.92 Å². The van der Waals surface area contributed by atoms with Crippen molar-refractivity contribution in [1.29, 1.82) is 0 Å². The fraction of sp³-hybridized carbons (Fsp3) is 0.600. The number of amides is 1. The van der Waals surface area contributed by atoms with Crippen molar-refractivity contribution < 1.29 is 18.0 Å². The summed E-state index contributed by atoms with van der Waals surface area (Å²) >= 11 is 0. The minimum Gasteiger partial charge on any atom is -0.350 e. The average Bonchev–Trinajstić information content (AvgIpc) is 2.62. The summed E-state index contributed by atoms with van der Waals surface area (Å²) in [5.74, 6) is -0.108. The molecule has 0 atom stereocenters. The van der Waals surface area contributed by atoms with Crippen LogP contribution in [-0.2, 0) is 6.18 Å². The van der Waals surface area contributed by atoms with Gasteiger partial charge >= 0.3 is 6.18 Å². The number of aromatic nitrogens is 2. The molecule has 4 nitrogen and oxygen atoms in total. The summed E-state index contributed by atoms with van der Waals surface area (Å²) in [5.41, 5.74) is -1.23. The Morgan fingerprint density at radius 3 is 2.71 bits per heavy atom. The number of rotatable bonds is 3. The first-order chi connectivity index (χ1) is 7.97. The molecule has 1 aromatic rings. The Kier molecular flexibility index (Phi) is 3.08. The summed E-state index contributed by atoms with van der Waals surface area (Å²) in [6, 6.07) is 0.718. The van der Waals surface area contributed by atoms with Crippen LogP contribution in [0.4, 0.5) is 13.2 Å². The van der Waals surface area contributed by atoms with Gasteiger partial charge in [-0.2, -0.15) is 18.3 Å². The fourth-order valence-corrected chi connectivity index (χ4v) is 1.61. The monoisotopic (exact) mass is 247 g/mol. The van der Waals surface area contributed by atoms with E-state index in [1.165, 1.54) is 0 Å². The van der Waals surface area contributed by atoms with Gasteiger partial charge in [-0.25, -0.2) is 0 Å². The van der Waals surface area contributed by atoms with Crippen LogP contribution in [0.1, 0.15) is 35.4 Å². The van der Waals surface area contributed by atoms with Crippen LogP contribution in [0.25, 0.3) is 0 Å². The number of carbonyl (C=O) groups excluding carboxylic acids is 1. The lowest BCUT2D eigenvalue weighted by molar-refractivity contribution is -0.141. The SMILES string of the molecule is O=C(NCC1CCC1)c1cc(C(F)(F)F)[nH]n1. The highest BCUT2D eigenvalue weighted by Crippen LogP contribution is 2.28. The zero-order chi connectivity index (χ0) is 12.5. The number of halogens is 3. The number of alkyl halides is 3. The number of aromatic amines is 1. The second kappa shape index (κ2) is 4.38. The average molecular weight is 247 g/mol. The second-order valence-electron chi connectivity index (χ2n) is 4.17. The van der Waals surface area contributed by atoms with Crippen LogP contribution in [0.15, 0.2) is 6.07 Å². The molecule has 2 N–H and O–H groups in total. The van der Waals surface area contributed by atoms with Gasteiger partial charge in [0.2, 0.25) is 0 Å². The number of nitrogens with zero attached hydrogens (tertiary/aromatic N) is 1. The van der Waals surface area contributed by atoms with Crippen LogP contribution < -0.4 is 5.32 Å². The summed E-state index contributed by atoms with van der Waals surface area (Å²) in [6.07, 6.45) is -1.22. The van der Waals surface area contributed by atoms with Gasteiger partial charge in [-0.05, 0) is 18.8 Å². The van der Waals surface area contributed by atoms with Crippen molar-refractivity contribution in [3.05, 3.63) is 17.5 Å². The third-order valence-corrected chi connectivity index (χ3v) is 2.89. The van der Waals surface area contributed by atoms with Crippen LogP contribution >= 0.6 is 0 Å². The van der Waals surface area contributed by atoms with Crippen molar-refractivity contribution in [3.63, 3.8) is 0 Å². The topological polar surface area (TPSA) is 57.8 Å². The van der Waals surface area contributed by atoms with Gasteiger partial charge in [0.15, 0.2) is 5.69 Å². The molecule has 0 unspecified atom stereocenters. The zero-order valence-corrected chi connectivity index (χ0v) is 8.97. The summed E-state index contributed by atoms with van der Waals surface area (Å²) < 4.78 is 36.7. The lowest BCUT2D eigenvalue weighted by Crippen LogP contribution is -2.32. The Hall–Kier alpha value is -1.53. The Morgan fingerprint density at radius 1 is 1.53 bits per heavy atom. The summed E-state index contributed by atoms with van der Waals surface area (Å²) in [5, 5.41) is 7.73. The number of hydrogen-bond acceptors (Lipinski definition) is 2. The molecule has 1 heterocycles. The molecule has 94 valence electrons. The molecule has 17 heavy (non-hydrogen) atoms. The third-order valence-electron chi connectivity index (χ3n) is 2.89. The molecule has 0 aliphatic heterocycles. The van der Waals surface area contributed by atoms with E-state index < -0.39 is 17.8 Å². The first-order valence-corrected chi connectivity index (χ1v) is 5.37. The van der Waals surface area contributed by atoms with Gasteiger partial charge in [0, 0.05) is 12.6 Å². The number of H-pyrrole nitrogens is 1. The van der Waals surface area contributed by atoms with Crippen molar-refractivity contribution in [2.45, 2.75) is 25.4 Å². The van der Waals surface area contributed by atoms with Crippen molar-refractivity contribution >= 4 is 5.91 Å². The summed E-state index contributed by atoms with van der Waals surface area (Å²) in [6.45, 7) is 0.507. The van der Waals surface area contributed by atoms with E-state index in [-0.39, 0.29) is 5.69 Å². The van der Waals surface area contributed by atoms with Crippen molar-refractivity contribution in [1.82, 2.24) is 15.5 Å². The number of hydrogen-bond donors (Lipinski definition) is 2. The molecule has 1 aliphatic rings. The molecule has 1 aromatic heterocycles. The van der Waals surface area contributed by atoms with Crippen molar-refractivity contribution in [2.75, 3.05) is 6.54 Å². The van der Waals surface area contributed by atoms with Gasteiger partial charge in [0.05, 0.1) is 0 Å². The van der Waals surface area contributed by atoms with Crippen LogP contribution in [0.3, 0.4) is 0 Å². The van der Waals surface area contributed by atoms with Crippen LogP contribution in [0, 0.1) is 5.92 Å². The van der Waals surface area contributed by atoms with Crippen LogP contribution in [0.5, 0.6) is 0 Å². The molecule has 0 bridgehead atoms. The van der Waals surface area contributed by atoms with E-state index >= 15 is 0 Å². The van der Waals surface area contributed by atoms with E-state index in [1.54, 1.807) is 5.10 Å². The lowest BCUT2D eigenvalue weighted by Gasteiger charge is -2.25. The van der Waals surface area contributed by atoms with E-state index in [0.29, 0.717) is 12.5 Å². The Labute approximate surface area is 95.6 Å². The molecule has 0 spiro atoms. The van der Waals surface area contributed by atoms with E-state index in [9.17, 15) is 18.0 Å². The van der Waals surface area contributed by atoms with E-state index in [1.807, 2.05) is 0 Å². The molecule has 0 saturated heterocycles. The maximum atomic E-state index is 12.2. The van der Waals surface area contributed by atoms with Crippen LogP contribution in [-0.4, -0.2) is 22.6 Å². The largest absolute Gasteiger partial charge is 0.432 e. The summed E-state index contributed by atoms with van der Waals surface area (Å²) in [4.78, 5) is 11.5. The van der Waals surface area contributed by atoms with Crippen molar-refractivity contribution in [3.8, 4) is 0 Å². The first-order valence-electron chi connectivity index (χ1n) is 5.37. The molecular weight excluding hydrogens is 235 g/mol. The van der Waals surface area contributed by atoms with E-state index in [2.05, 4.69) is 10.4 Å². The number of nitrogens with one attached hydrogen (secondary N) is 2. The molecule has 1 saturated carbocycles. The van der Waals surface area contributed by atoms with Gasteiger partial charge in [0.1, 0.15) is 5.69 Å². The molecule has 7 heteroatoms. The molecule has 1 aliphatic carbocycles. The molecule has 2 rings (SSSR count). The zero-order valence-electron chi connectivity index (χ0n) is 8.97. The van der Waals surface area contributed by atoms with E-state index in [4.69, 9.17) is 0 Å². The molecular formula is C10H12F3N3O. The maximum absolute atomic E-state index is 12.2. The quantitative estimate of drug-likeness (QED) is 0.857. The molecule has 1 fully saturated rings. The smallest absolute Gasteiger partial charge is 0.350 e. The predicted molar refractivity (Wildman–Crippen MR) is 53.3 cm³/mol. The molecule has 0 aromatic carbocycles. The fourth-order valence-electron chi connectivity index (χ4n) is 1.61. The van der Waals surface area contributed by atoms with Gasteiger partial charge in [-0.1, -0.05) is 6.42 Å². The third kappa shape index (κ3) is 2.78. The highest BCUT2D eigenvalue weighted by molar-refractivity contribution is 5.92. The molecule has 0 radical (unpaired) electrons. The Bertz CT molecular complexity index is 409. The normalized spacial score (nSPS) is 16.6. The number of carbonyl (C=O) groups is 1. The molecule has 1 amide bonds. The van der Waals surface area contributed by atoms with Gasteiger partial charge in [-0.3, -0.25) is 9.89 Å². The summed E-state index contributed by atoms with van der Waals surface area (Å²) in [7, 11) is 0. The van der Waals surface area contributed by atoms with E-state index in [0.717, 1.165) is 25.3 Å². The minimum absolute atomic E-state index is 0.225. The van der Waals surface area contributed by atoms with Gasteiger partial charge < -0.3 is 5.32 Å². The minimum atomic E-state index is -4.50. The van der Waals surface area contributed by atoms with Gasteiger partial charge in [0.25, 0.3) is 5.91 Å². The Balaban J connectivity index is 1.92. The van der Waals surface area contributed by atoms with Gasteiger partial charge in [-0.15, -0.1) is 0 Å². The Morgan fingerprint density at radius 2 is 2.24 bits per heavy atom. The standard InChI is InChI=1S/C10H12F3N3O/c11-10(12,13)8-4-7(15-16-8)9(17)14-5-6-2-1-3-6/h4,6H,1-3,5H2,(H,14,17)(H,15,16). The van der Waals surface area contributed by atoms with Crippen LogP contribution in [0.2, 0.25) is 0 Å². The predicted octanol–water partition coefficient (Wildman–Crippen LogP) is 1.96. The first kappa shape index (κ1) is 11.9. The maximum Gasteiger partial charge on any atom is 0.432 e. The highest BCUT2D eigenvalue weighted by Gasteiger charge is 2.33. The lowest BCUT2D eigenvalue weighted by atomic mass is 9.85.